The van der Waals surface area contributed by atoms with Crippen LogP contribution in [0.3, 0.4) is 0 Å². The smallest absolute Gasteiger partial charge is 0.334 e. The van der Waals surface area contributed by atoms with Crippen molar-refractivity contribution in [3.8, 4) is 0 Å². The van der Waals surface area contributed by atoms with Crippen LogP contribution >= 0.6 is 11.6 Å². The number of benzene rings is 1. The van der Waals surface area contributed by atoms with Crippen LogP contribution < -0.4 is 0 Å². The van der Waals surface area contributed by atoms with Crippen LogP contribution in [-0.2, 0) is 9.53 Å². The van der Waals surface area contributed by atoms with Crippen LogP contribution in [0.4, 0.5) is 0 Å². The summed E-state index contributed by atoms with van der Waals surface area (Å²) in [6.07, 6.45) is -1.30. The molecule has 0 aliphatic carbocycles. The summed E-state index contributed by atoms with van der Waals surface area (Å²) >= 11 is 6.02. The molecule has 0 saturated carbocycles. The molecule has 0 spiro atoms. The summed E-state index contributed by atoms with van der Waals surface area (Å²) in [7, 11) is 0. The van der Waals surface area contributed by atoms with E-state index < -0.39 is 12.1 Å². The molecule has 1 heterocycles. The number of morpholine rings is 1. The highest BCUT2D eigenvalue weighted by Gasteiger charge is 2.33. The van der Waals surface area contributed by atoms with Gasteiger partial charge >= 0.3 is 5.97 Å². The van der Waals surface area contributed by atoms with Gasteiger partial charge in [-0.2, -0.15) is 0 Å². The van der Waals surface area contributed by atoms with Crippen molar-refractivity contribution in [1.82, 2.24) is 4.90 Å². The monoisotopic (exact) mass is 297 g/mol. The third-order valence-corrected chi connectivity index (χ3v) is 3.73. The van der Waals surface area contributed by atoms with Crippen molar-refractivity contribution in [2.75, 3.05) is 13.1 Å². The predicted molar refractivity (Wildman–Crippen MR) is 74.1 cm³/mol. The molecule has 5 nitrogen and oxygen atoms in total. The number of carbonyl (C=O) groups is 2. The maximum atomic E-state index is 12.5. The number of carboxylic acids is 1. The van der Waals surface area contributed by atoms with Gasteiger partial charge in [0.2, 0.25) is 0 Å². The lowest BCUT2D eigenvalue weighted by atomic mass is 10.1. The van der Waals surface area contributed by atoms with Crippen molar-refractivity contribution in [3.05, 3.63) is 34.3 Å². The van der Waals surface area contributed by atoms with E-state index in [1.165, 1.54) is 4.90 Å². The van der Waals surface area contributed by atoms with Gasteiger partial charge in [-0.25, -0.2) is 4.79 Å². The number of amides is 1. The van der Waals surface area contributed by atoms with Crippen LogP contribution in [0, 0.1) is 6.92 Å². The lowest BCUT2D eigenvalue weighted by Gasteiger charge is -2.35. The number of hydrogen-bond acceptors (Lipinski definition) is 3. The average molecular weight is 298 g/mol. The van der Waals surface area contributed by atoms with E-state index in [-0.39, 0.29) is 18.6 Å². The Kier molecular flexibility index (Phi) is 4.30. The first kappa shape index (κ1) is 14.8. The van der Waals surface area contributed by atoms with E-state index in [0.29, 0.717) is 22.7 Å². The van der Waals surface area contributed by atoms with E-state index >= 15 is 0 Å². The first-order chi connectivity index (χ1) is 9.40. The van der Waals surface area contributed by atoms with Gasteiger partial charge in [-0.05, 0) is 31.5 Å². The quantitative estimate of drug-likeness (QED) is 0.906. The zero-order valence-corrected chi connectivity index (χ0v) is 12.1. The van der Waals surface area contributed by atoms with Gasteiger partial charge in [0.05, 0.1) is 12.6 Å². The molecule has 0 aromatic heterocycles. The molecule has 1 aliphatic rings. The Bertz CT molecular complexity index is 546. The van der Waals surface area contributed by atoms with Crippen molar-refractivity contribution in [3.63, 3.8) is 0 Å². The Morgan fingerprint density at radius 3 is 2.75 bits per heavy atom. The zero-order valence-electron chi connectivity index (χ0n) is 11.3. The van der Waals surface area contributed by atoms with Crippen molar-refractivity contribution in [2.24, 2.45) is 0 Å². The van der Waals surface area contributed by atoms with Gasteiger partial charge in [0.1, 0.15) is 0 Å². The third kappa shape index (κ3) is 2.94. The molecule has 6 heteroatoms. The predicted octanol–water partition coefficient (Wildman–Crippen LogP) is 1.96. The second-order valence-electron chi connectivity index (χ2n) is 4.90. The highest BCUT2D eigenvalue weighted by Crippen LogP contribution is 2.22. The molecule has 1 aliphatic heterocycles. The van der Waals surface area contributed by atoms with E-state index in [1.807, 2.05) is 0 Å². The molecule has 1 saturated heterocycles. The number of ether oxygens (including phenoxy) is 1. The Balaban J connectivity index is 2.24. The molecular weight excluding hydrogens is 282 g/mol. The van der Waals surface area contributed by atoms with E-state index in [1.54, 1.807) is 32.0 Å². The molecule has 1 unspecified atom stereocenters. The Hall–Kier alpha value is -1.59. The molecule has 1 fully saturated rings. The fourth-order valence-corrected chi connectivity index (χ4v) is 2.44. The van der Waals surface area contributed by atoms with Gasteiger partial charge in [-0.3, -0.25) is 4.79 Å². The topological polar surface area (TPSA) is 66.8 Å². The van der Waals surface area contributed by atoms with Crippen molar-refractivity contribution < 1.29 is 19.4 Å². The molecule has 0 radical (unpaired) electrons. The maximum absolute atomic E-state index is 12.5. The number of hydrogen-bond donors (Lipinski definition) is 1. The van der Waals surface area contributed by atoms with Gasteiger partial charge < -0.3 is 14.7 Å². The van der Waals surface area contributed by atoms with Crippen LogP contribution in [-0.4, -0.2) is 47.2 Å². The van der Waals surface area contributed by atoms with Crippen LogP contribution in [0.15, 0.2) is 18.2 Å². The van der Waals surface area contributed by atoms with E-state index in [4.69, 9.17) is 21.4 Å². The lowest BCUT2D eigenvalue weighted by Crippen LogP contribution is -2.51. The van der Waals surface area contributed by atoms with Crippen LogP contribution in [0.1, 0.15) is 22.8 Å². The molecule has 2 atom stereocenters. The van der Waals surface area contributed by atoms with Crippen molar-refractivity contribution in [2.45, 2.75) is 26.1 Å². The number of halogens is 1. The molecule has 20 heavy (non-hydrogen) atoms. The first-order valence-corrected chi connectivity index (χ1v) is 6.70. The molecule has 0 bridgehead atoms. The Morgan fingerprint density at radius 1 is 1.40 bits per heavy atom. The zero-order chi connectivity index (χ0) is 14.9. The van der Waals surface area contributed by atoms with E-state index in [2.05, 4.69) is 0 Å². The van der Waals surface area contributed by atoms with Crippen LogP contribution in [0.2, 0.25) is 5.02 Å². The lowest BCUT2D eigenvalue weighted by molar-refractivity contribution is -0.160. The molecular formula is C14H16ClNO4. The van der Waals surface area contributed by atoms with Gasteiger partial charge in [0.15, 0.2) is 6.10 Å². The second kappa shape index (κ2) is 5.81. The SMILES string of the molecule is Cc1c(Cl)cccc1C(=O)N1CC(C(=O)O)O[C@H](C)C1. The molecule has 1 amide bonds. The van der Waals surface area contributed by atoms with Crippen molar-refractivity contribution >= 4 is 23.5 Å². The Morgan fingerprint density at radius 2 is 2.10 bits per heavy atom. The van der Waals surface area contributed by atoms with Crippen molar-refractivity contribution in [1.29, 1.82) is 0 Å². The van der Waals surface area contributed by atoms with E-state index in [9.17, 15) is 9.59 Å². The summed E-state index contributed by atoms with van der Waals surface area (Å²) in [4.78, 5) is 25.1. The van der Waals surface area contributed by atoms with Gasteiger partial charge in [-0.1, -0.05) is 17.7 Å². The number of aliphatic carboxylic acids is 1. The first-order valence-electron chi connectivity index (χ1n) is 6.32. The summed E-state index contributed by atoms with van der Waals surface area (Å²) in [6, 6.07) is 5.12. The molecule has 1 N–H and O–H groups in total. The summed E-state index contributed by atoms with van der Waals surface area (Å²) in [6.45, 7) is 3.94. The summed E-state index contributed by atoms with van der Waals surface area (Å²) in [5, 5.41) is 9.56. The van der Waals surface area contributed by atoms with Crippen LogP contribution in [0.5, 0.6) is 0 Å². The molecule has 108 valence electrons. The van der Waals surface area contributed by atoms with Crippen LogP contribution in [0.25, 0.3) is 0 Å². The highest BCUT2D eigenvalue weighted by molar-refractivity contribution is 6.31. The molecule has 1 aromatic rings. The summed E-state index contributed by atoms with van der Waals surface area (Å²) < 4.78 is 5.30. The fourth-order valence-electron chi connectivity index (χ4n) is 2.26. The molecule has 2 rings (SSSR count). The number of carboxylic acid groups (broad SMARTS) is 1. The minimum atomic E-state index is -1.06. The highest BCUT2D eigenvalue weighted by atomic mass is 35.5. The van der Waals surface area contributed by atoms with Gasteiger partial charge in [0, 0.05) is 17.1 Å². The minimum Gasteiger partial charge on any atom is -0.479 e. The summed E-state index contributed by atoms with van der Waals surface area (Å²) in [5.41, 5.74) is 1.20. The molecule has 1 aromatic carbocycles. The van der Waals surface area contributed by atoms with Gasteiger partial charge in [0.25, 0.3) is 5.91 Å². The van der Waals surface area contributed by atoms with E-state index in [0.717, 1.165) is 0 Å². The minimum absolute atomic E-state index is 0.0461. The number of rotatable bonds is 2. The average Bonchev–Trinajstić information content (AvgIpc) is 2.40. The maximum Gasteiger partial charge on any atom is 0.334 e. The number of nitrogens with zero attached hydrogens (tertiary/aromatic N) is 1. The van der Waals surface area contributed by atoms with Gasteiger partial charge in [-0.15, -0.1) is 0 Å². The standard InChI is InChI=1S/C14H16ClNO4/c1-8-6-16(7-12(20-8)14(18)19)13(17)10-4-3-5-11(15)9(10)2/h3-5,8,12H,6-7H2,1-2H3,(H,18,19)/t8-,12?/m1/s1. The second-order valence-corrected chi connectivity index (χ2v) is 5.30. The summed E-state index contributed by atoms with van der Waals surface area (Å²) in [5.74, 6) is -1.27. The fraction of sp³-hybridized carbons (Fsp3) is 0.429. The number of carbonyl (C=O) groups excluding carboxylic acids is 1. The normalized spacial score (nSPS) is 22.6. The Labute approximate surface area is 122 Å². The third-order valence-electron chi connectivity index (χ3n) is 3.32. The largest absolute Gasteiger partial charge is 0.479 e.